The van der Waals surface area contributed by atoms with E-state index >= 15 is 0 Å². The molecule has 1 atom stereocenters. The monoisotopic (exact) mass is 446 g/mol. The van der Waals surface area contributed by atoms with E-state index in [1.54, 1.807) is 30.1 Å². The topological polar surface area (TPSA) is 108 Å². The molecule has 1 amide bonds. The number of benzene rings is 1. The summed E-state index contributed by atoms with van der Waals surface area (Å²) in [5, 5.41) is 9.34. The summed E-state index contributed by atoms with van der Waals surface area (Å²) in [7, 11) is -3.83. The maximum atomic E-state index is 13.0. The molecule has 8 nitrogen and oxygen atoms in total. The number of anilines is 1. The van der Waals surface area contributed by atoms with Crippen LogP contribution in [0.2, 0.25) is 0 Å². The quantitative estimate of drug-likeness (QED) is 0.562. The van der Waals surface area contributed by atoms with Crippen LogP contribution in [-0.2, 0) is 14.8 Å². The molecule has 0 aliphatic carbocycles. The van der Waals surface area contributed by atoms with Crippen LogP contribution in [0.25, 0.3) is 11.5 Å². The average molecular weight is 447 g/mol. The van der Waals surface area contributed by atoms with Crippen molar-refractivity contribution in [2.75, 3.05) is 24.7 Å². The van der Waals surface area contributed by atoms with Gasteiger partial charge < -0.3 is 9.73 Å². The Bertz CT molecular complexity index is 1110. The van der Waals surface area contributed by atoms with E-state index in [2.05, 4.69) is 15.5 Å². The van der Waals surface area contributed by atoms with E-state index in [0.717, 1.165) is 4.90 Å². The molecular weight excluding hydrogens is 424 g/mol. The van der Waals surface area contributed by atoms with Crippen LogP contribution < -0.4 is 5.32 Å². The van der Waals surface area contributed by atoms with Crippen LogP contribution in [0.3, 0.4) is 0 Å². The second kappa shape index (κ2) is 8.66. The Labute approximate surface area is 179 Å². The van der Waals surface area contributed by atoms with Crippen molar-refractivity contribution in [2.45, 2.75) is 22.8 Å². The van der Waals surface area contributed by atoms with Crippen LogP contribution in [0.15, 0.2) is 63.1 Å². The number of nitrogens with zero attached hydrogens (tertiary/aromatic N) is 2. The molecule has 1 saturated heterocycles. The molecule has 0 saturated carbocycles. The van der Waals surface area contributed by atoms with Crippen molar-refractivity contribution in [1.82, 2.24) is 14.5 Å². The van der Waals surface area contributed by atoms with Gasteiger partial charge >= 0.3 is 0 Å². The molecule has 1 unspecified atom stereocenters. The number of aromatic nitrogens is 2. The van der Waals surface area contributed by atoms with Crippen LogP contribution in [0.4, 0.5) is 5.69 Å². The van der Waals surface area contributed by atoms with Gasteiger partial charge in [-0.1, -0.05) is 0 Å². The van der Waals surface area contributed by atoms with Crippen LogP contribution in [0.1, 0.15) is 12.8 Å². The summed E-state index contributed by atoms with van der Waals surface area (Å²) in [4.78, 5) is 13.8. The summed E-state index contributed by atoms with van der Waals surface area (Å²) >= 11 is 1.63. The number of rotatable bonds is 6. The van der Waals surface area contributed by atoms with Gasteiger partial charge in [0.2, 0.25) is 11.0 Å². The van der Waals surface area contributed by atoms with Crippen molar-refractivity contribution < 1.29 is 17.6 Å². The van der Waals surface area contributed by atoms with E-state index in [0.29, 0.717) is 36.5 Å². The summed E-state index contributed by atoms with van der Waals surface area (Å²) in [6, 6.07) is 12.3. The van der Waals surface area contributed by atoms with E-state index in [1.165, 1.54) is 10.4 Å². The number of carbonyl (C=O) groups excluding carboxylic acids is 1. The van der Waals surface area contributed by atoms with Gasteiger partial charge in [0, 0.05) is 29.9 Å². The van der Waals surface area contributed by atoms with Crippen LogP contribution in [0.5, 0.6) is 0 Å². The maximum absolute atomic E-state index is 13.0. The van der Waals surface area contributed by atoms with Gasteiger partial charge in [0.1, 0.15) is 5.69 Å². The molecule has 1 fully saturated rings. The zero-order valence-corrected chi connectivity index (χ0v) is 18.0. The molecule has 0 radical (unpaired) electrons. The van der Waals surface area contributed by atoms with Gasteiger partial charge in [0.25, 0.3) is 10.0 Å². The lowest BCUT2D eigenvalue weighted by atomic mass is 9.99. The molecule has 30 heavy (non-hydrogen) atoms. The molecule has 1 aliphatic rings. The predicted molar refractivity (Wildman–Crippen MR) is 115 cm³/mol. The van der Waals surface area contributed by atoms with Crippen molar-refractivity contribution in [3.63, 3.8) is 0 Å². The maximum Gasteiger partial charge on any atom is 0.276 e. The third kappa shape index (κ3) is 4.30. The zero-order chi connectivity index (χ0) is 21.1. The minimum absolute atomic E-state index is 0.122. The Morgan fingerprint density at radius 1 is 1.23 bits per heavy atom. The number of thioether (sulfide) groups is 1. The lowest BCUT2D eigenvalue weighted by Crippen LogP contribution is -2.43. The molecule has 158 valence electrons. The number of H-pyrrole nitrogens is 1. The average Bonchev–Trinajstić information content (AvgIpc) is 3.46. The van der Waals surface area contributed by atoms with Crippen molar-refractivity contribution in [1.29, 1.82) is 0 Å². The number of amides is 1. The molecule has 2 aromatic heterocycles. The first-order chi connectivity index (χ1) is 14.5. The largest absolute Gasteiger partial charge is 0.442 e. The number of piperidine rings is 1. The highest BCUT2D eigenvalue weighted by molar-refractivity contribution is 7.98. The Balaban J connectivity index is 1.45. The van der Waals surface area contributed by atoms with Gasteiger partial charge in [0.05, 0.1) is 5.92 Å². The highest BCUT2D eigenvalue weighted by atomic mass is 32.2. The first-order valence-electron chi connectivity index (χ1n) is 9.52. The summed E-state index contributed by atoms with van der Waals surface area (Å²) in [5.74, 6) is -0.203. The lowest BCUT2D eigenvalue weighted by Gasteiger charge is -2.30. The van der Waals surface area contributed by atoms with Crippen LogP contribution >= 0.6 is 11.8 Å². The number of hydrogen-bond acceptors (Lipinski definition) is 6. The summed E-state index contributed by atoms with van der Waals surface area (Å²) in [6.07, 6.45) is 4.80. The van der Waals surface area contributed by atoms with E-state index in [-0.39, 0.29) is 17.5 Å². The van der Waals surface area contributed by atoms with E-state index < -0.39 is 15.9 Å². The fourth-order valence-electron chi connectivity index (χ4n) is 3.42. The smallest absolute Gasteiger partial charge is 0.276 e. The highest BCUT2D eigenvalue weighted by Crippen LogP contribution is 2.28. The Morgan fingerprint density at radius 2 is 2.03 bits per heavy atom. The normalized spacial score (nSPS) is 17.7. The van der Waals surface area contributed by atoms with Crippen molar-refractivity contribution in [3.8, 4) is 11.5 Å². The number of carbonyl (C=O) groups is 1. The van der Waals surface area contributed by atoms with Crippen LogP contribution in [0, 0.1) is 5.92 Å². The van der Waals surface area contributed by atoms with Gasteiger partial charge in [-0.05, 0) is 61.6 Å². The number of aromatic amines is 1. The number of sulfonamides is 1. The third-order valence-corrected chi connectivity index (χ3v) is 7.54. The lowest BCUT2D eigenvalue weighted by molar-refractivity contribution is -0.120. The Kier molecular flexibility index (Phi) is 5.98. The van der Waals surface area contributed by atoms with Gasteiger partial charge in [-0.3, -0.25) is 9.89 Å². The minimum Gasteiger partial charge on any atom is -0.442 e. The fraction of sp³-hybridized carbons (Fsp3) is 0.300. The highest BCUT2D eigenvalue weighted by Gasteiger charge is 2.35. The summed E-state index contributed by atoms with van der Waals surface area (Å²) < 4.78 is 33.0. The molecule has 0 bridgehead atoms. The molecule has 3 aromatic rings. The van der Waals surface area contributed by atoms with E-state index in [9.17, 15) is 13.2 Å². The molecule has 2 N–H and O–H groups in total. The van der Waals surface area contributed by atoms with Gasteiger partial charge in [0.15, 0.2) is 5.76 Å². The van der Waals surface area contributed by atoms with E-state index in [4.69, 9.17) is 4.42 Å². The summed E-state index contributed by atoms with van der Waals surface area (Å²) in [5.41, 5.74) is 1.30. The van der Waals surface area contributed by atoms with Crippen molar-refractivity contribution in [2.24, 2.45) is 5.92 Å². The fourth-order valence-corrected chi connectivity index (χ4v) is 5.26. The second-order valence-electron chi connectivity index (χ2n) is 7.01. The zero-order valence-electron chi connectivity index (χ0n) is 16.4. The van der Waals surface area contributed by atoms with Crippen LogP contribution in [-0.4, -0.2) is 48.2 Å². The number of furan rings is 1. The molecule has 0 spiro atoms. The Morgan fingerprint density at radius 3 is 2.73 bits per heavy atom. The minimum atomic E-state index is -3.83. The van der Waals surface area contributed by atoms with Crippen molar-refractivity contribution >= 4 is 33.4 Å². The number of nitrogens with one attached hydrogen (secondary N) is 2. The molecule has 1 aromatic carbocycles. The van der Waals surface area contributed by atoms with Gasteiger partial charge in [-0.15, -0.1) is 11.8 Å². The van der Waals surface area contributed by atoms with Gasteiger partial charge in [-0.2, -0.15) is 9.40 Å². The van der Waals surface area contributed by atoms with E-state index in [1.807, 2.05) is 30.5 Å². The standard InChI is InChI=1S/C20H22N4O4S2/c1-29-16-6-4-15(5-7-16)22-20(25)14-3-2-12-24(13-14)30(26,27)19-9-8-18(28-19)17-10-11-21-23-17/h4-11,14H,2-3,12-13H2,1H3,(H,21,23)(H,22,25). The Hall–Kier alpha value is -2.56. The third-order valence-electron chi connectivity index (χ3n) is 5.05. The van der Waals surface area contributed by atoms with Gasteiger partial charge in [-0.25, -0.2) is 8.42 Å². The SMILES string of the molecule is CSc1ccc(NC(=O)C2CCCN(S(=O)(=O)c3ccc(-c4ccn[nH]4)o3)C2)cc1. The molecule has 10 heteroatoms. The first kappa shape index (κ1) is 20.7. The molecular formula is C20H22N4O4S2. The summed E-state index contributed by atoms with van der Waals surface area (Å²) in [6.45, 7) is 0.478. The number of hydrogen-bond donors (Lipinski definition) is 2. The van der Waals surface area contributed by atoms with Crippen molar-refractivity contribution in [3.05, 3.63) is 48.7 Å². The molecule has 1 aliphatic heterocycles. The molecule has 4 rings (SSSR count). The molecule has 3 heterocycles. The predicted octanol–water partition coefficient (Wildman–Crippen LogP) is 3.43. The first-order valence-corrected chi connectivity index (χ1v) is 12.2. The second-order valence-corrected chi connectivity index (χ2v) is 9.76.